The van der Waals surface area contributed by atoms with E-state index in [4.69, 9.17) is 27.9 Å². The topological polar surface area (TPSA) is 72.3 Å². The van der Waals surface area contributed by atoms with Crippen LogP contribution in [-0.4, -0.2) is 21.3 Å². The number of aromatic nitrogens is 2. The van der Waals surface area contributed by atoms with Gasteiger partial charge in [0.1, 0.15) is 11.3 Å². The molecule has 0 aliphatic carbocycles. The van der Waals surface area contributed by atoms with E-state index in [-0.39, 0.29) is 22.2 Å². The Morgan fingerprint density at radius 3 is 2.55 bits per heavy atom. The predicted octanol–water partition coefficient (Wildman–Crippen LogP) is 3.89. The van der Waals surface area contributed by atoms with Crippen LogP contribution in [0.15, 0.2) is 18.2 Å². The first-order valence-electron chi connectivity index (χ1n) is 5.60. The van der Waals surface area contributed by atoms with Crippen molar-refractivity contribution in [3.8, 4) is 11.6 Å². The number of carboxylic acid groups (broad SMARTS) is 1. The monoisotopic (exact) mass is 312 g/mol. The Morgan fingerprint density at radius 2 is 1.95 bits per heavy atom. The highest BCUT2D eigenvalue weighted by Crippen LogP contribution is 2.32. The second-order valence-corrected chi connectivity index (χ2v) is 4.92. The molecule has 1 aromatic carbocycles. The third-order valence-corrected chi connectivity index (χ3v) is 3.27. The third-order valence-electron chi connectivity index (χ3n) is 2.74. The Balaban J connectivity index is 2.48. The van der Waals surface area contributed by atoms with Crippen molar-refractivity contribution >= 4 is 29.2 Å². The van der Waals surface area contributed by atoms with Crippen LogP contribution < -0.4 is 4.74 Å². The van der Waals surface area contributed by atoms with Crippen LogP contribution in [0.1, 0.15) is 21.6 Å². The summed E-state index contributed by atoms with van der Waals surface area (Å²) >= 11 is 11.8. The molecule has 2 rings (SSSR count). The zero-order valence-corrected chi connectivity index (χ0v) is 12.2. The van der Waals surface area contributed by atoms with Crippen LogP contribution in [0.5, 0.6) is 11.6 Å². The molecule has 2 aromatic rings. The lowest BCUT2D eigenvalue weighted by atomic mass is 10.1. The Labute approximate surface area is 125 Å². The van der Waals surface area contributed by atoms with Crippen molar-refractivity contribution in [3.05, 3.63) is 45.1 Å². The predicted molar refractivity (Wildman–Crippen MR) is 75.0 cm³/mol. The summed E-state index contributed by atoms with van der Waals surface area (Å²) in [5.41, 5.74) is 0.980. The van der Waals surface area contributed by atoms with Crippen LogP contribution in [0, 0.1) is 13.8 Å². The van der Waals surface area contributed by atoms with E-state index in [1.165, 1.54) is 12.1 Å². The SMILES string of the molecule is Cc1nnc(Oc2ccc(Cl)cc2Cl)c(C(=O)O)c1C. The lowest BCUT2D eigenvalue weighted by Crippen LogP contribution is -2.08. The van der Waals surface area contributed by atoms with Gasteiger partial charge >= 0.3 is 5.97 Å². The van der Waals surface area contributed by atoms with Crippen molar-refractivity contribution in [2.75, 3.05) is 0 Å². The van der Waals surface area contributed by atoms with E-state index in [1.54, 1.807) is 19.9 Å². The number of carboxylic acids is 1. The average Bonchev–Trinajstić information content (AvgIpc) is 2.36. The zero-order chi connectivity index (χ0) is 14.9. The number of nitrogens with zero attached hydrogens (tertiary/aromatic N) is 2. The van der Waals surface area contributed by atoms with Crippen LogP contribution in [0.25, 0.3) is 0 Å². The number of halogens is 2. The van der Waals surface area contributed by atoms with Gasteiger partial charge in [-0.2, -0.15) is 5.10 Å². The minimum absolute atomic E-state index is 0.0384. The molecule has 1 aromatic heterocycles. The van der Waals surface area contributed by atoms with Gasteiger partial charge in [-0.05, 0) is 37.6 Å². The fourth-order valence-corrected chi connectivity index (χ4v) is 2.02. The maximum Gasteiger partial charge on any atom is 0.341 e. The van der Waals surface area contributed by atoms with Gasteiger partial charge < -0.3 is 9.84 Å². The molecule has 1 heterocycles. The first kappa shape index (κ1) is 14.6. The molecule has 20 heavy (non-hydrogen) atoms. The van der Waals surface area contributed by atoms with Gasteiger partial charge in [-0.3, -0.25) is 0 Å². The van der Waals surface area contributed by atoms with Crippen molar-refractivity contribution in [3.63, 3.8) is 0 Å². The van der Waals surface area contributed by atoms with Crippen molar-refractivity contribution in [2.24, 2.45) is 0 Å². The fraction of sp³-hybridized carbons (Fsp3) is 0.154. The number of ether oxygens (including phenoxy) is 1. The van der Waals surface area contributed by atoms with E-state index >= 15 is 0 Å². The van der Waals surface area contributed by atoms with Crippen molar-refractivity contribution in [1.82, 2.24) is 10.2 Å². The maximum absolute atomic E-state index is 11.3. The molecule has 0 saturated heterocycles. The van der Waals surface area contributed by atoms with E-state index in [0.717, 1.165) is 0 Å². The largest absolute Gasteiger partial charge is 0.477 e. The highest BCUT2D eigenvalue weighted by atomic mass is 35.5. The molecule has 5 nitrogen and oxygen atoms in total. The molecule has 0 saturated carbocycles. The molecular formula is C13H10Cl2N2O3. The lowest BCUT2D eigenvalue weighted by molar-refractivity contribution is 0.0692. The minimum atomic E-state index is -1.14. The summed E-state index contributed by atoms with van der Waals surface area (Å²) in [6, 6.07) is 4.61. The number of carbonyl (C=O) groups is 1. The number of benzene rings is 1. The first-order valence-corrected chi connectivity index (χ1v) is 6.36. The number of rotatable bonds is 3. The standard InChI is InChI=1S/C13H10Cl2N2O3/c1-6-7(2)16-17-12(11(6)13(18)19)20-10-4-3-8(14)5-9(10)15/h3-5H,1-2H3,(H,18,19). The fourth-order valence-electron chi connectivity index (χ4n) is 1.57. The molecule has 104 valence electrons. The molecule has 7 heteroatoms. The lowest BCUT2D eigenvalue weighted by Gasteiger charge is -2.11. The molecule has 0 radical (unpaired) electrons. The number of aryl methyl sites for hydroxylation is 1. The summed E-state index contributed by atoms with van der Waals surface area (Å²) in [5, 5.41) is 17.6. The second-order valence-electron chi connectivity index (χ2n) is 4.07. The summed E-state index contributed by atoms with van der Waals surface area (Å²) < 4.78 is 5.45. The van der Waals surface area contributed by atoms with Gasteiger partial charge in [-0.15, -0.1) is 5.10 Å². The first-order chi connectivity index (χ1) is 9.40. The van der Waals surface area contributed by atoms with Crippen LogP contribution in [-0.2, 0) is 0 Å². The van der Waals surface area contributed by atoms with Gasteiger partial charge in [0.15, 0.2) is 0 Å². The summed E-state index contributed by atoms with van der Waals surface area (Å²) in [4.78, 5) is 11.3. The molecule has 0 aliphatic rings. The van der Waals surface area contributed by atoms with Crippen molar-refractivity contribution < 1.29 is 14.6 Å². The van der Waals surface area contributed by atoms with Gasteiger partial charge in [0.2, 0.25) is 0 Å². The van der Waals surface area contributed by atoms with Crippen LogP contribution in [0.4, 0.5) is 0 Å². The van der Waals surface area contributed by atoms with Crippen LogP contribution in [0.2, 0.25) is 10.0 Å². The summed E-state index contributed by atoms with van der Waals surface area (Å²) in [6.45, 7) is 3.32. The molecule has 0 atom stereocenters. The van der Waals surface area contributed by atoms with Gasteiger partial charge in [0.05, 0.1) is 10.7 Å². The van der Waals surface area contributed by atoms with Crippen LogP contribution >= 0.6 is 23.2 Å². The maximum atomic E-state index is 11.3. The van der Waals surface area contributed by atoms with Gasteiger partial charge in [-0.25, -0.2) is 4.79 Å². The summed E-state index contributed by atoms with van der Waals surface area (Å²) in [6.07, 6.45) is 0. The van der Waals surface area contributed by atoms with Gasteiger partial charge in [-0.1, -0.05) is 23.2 Å². The van der Waals surface area contributed by atoms with Crippen LogP contribution in [0.3, 0.4) is 0 Å². The number of aromatic carboxylic acids is 1. The Bertz CT molecular complexity index is 690. The van der Waals surface area contributed by atoms with E-state index in [9.17, 15) is 9.90 Å². The molecule has 0 spiro atoms. The quantitative estimate of drug-likeness (QED) is 0.930. The zero-order valence-electron chi connectivity index (χ0n) is 10.6. The minimum Gasteiger partial charge on any atom is -0.477 e. The molecule has 0 bridgehead atoms. The van der Waals surface area contributed by atoms with E-state index in [1.807, 2.05) is 0 Å². The van der Waals surface area contributed by atoms with E-state index in [0.29, 0.717) is 16.3 Å². The molecular weight excluding hydrogens is 303 g/mol. The highest BCUT2D eigenvalue weighted by molar-refractivity contribution is 6.35. The molecule has 0 fully saturated rings. The van der Waals surface area contributed by atoms with Crippen molar-refractivity contribution in [1.29, 1.82) is 0 Å². The number of hydrogen-bond donors (Lipinski definition) is 1. The van der Waals surface area contributed by atoms with E-state index in [2.05, 4.69) is 10.2 Å². The normalized spacial score (nSPS) is 10.4. The smallest absolute Gasteiger partial charge is 0.341 e. The van der Waals surface area contributed by atoms with E-state index < -0.39 is 5.97 Å². The average molecular weight is 313 g/mol. The molecule has 1 N–H and O–H groups in total. The molecule has 0 aliphatic heterocycles. The summed E-state index contributed by atoms with van der Waals surface area (Å²) in [5.74, 6) is -0.985. The van der Waals surface area contributed by atoms with Gasteiger partial charge in [0.25, 0.3) is 5.88 Å². The van der Waals surface area contributed by atoms with Crippen molar-refractivity contribution in [2.45, 2.75) is 13.8 Å². The summed E-state index contributed by atoms with van der Waals surface area (Å²) in [7, 11) is 0. The molecule has 0 amide bonds. The Hall–Kier alpha value is -1.85. The Morgan fingerprint density at radius 1 is 1.25 bits per heavy atom. The van der Waals surface area contributed by atoms with Gasteiger partial charge in [0, 0.05) is 5.02 Å². The third kappa shape index (κ3) is 2.84. The second kappa shape index (κ2) is 5.64. The molecule has 0 unspecified atom stereocenters. The Kier molecular flexibility index (Phi) is 4.11. The number of hydrogen-bond acceptors (Lipinski definition) is 4. The highest BCUT2D eigenvalue weighted by Gasteiger charge is 2.20.